The lowest BCUT2D eigenvalue weighted by Crippen LogP contribution is -3.13. The van der Waals surface area contributed by atoms with Crippen molar-refractivity contribution in [1.29, 1.82) is 0 Å². The Kier molecular flexibility index (Phi) is 11.1. The Morgan fingerprint density at radius 3 is 2.09 bits per heavy atom. The molecule has 0 aromatic carbocycles. The molecule has 0 aliphatic carbocycles. The van der Waals surface area contributed by atoms with Gasteiger partial charge in [-0.15, -0.1) is 6.42 Å². The highest BCUT2D eigenvalue weighted by atomic mass is 35.5. The van der Waals surface area contributed by atoms with Crippen LogP contribution in [0.15, 0.2) is 0 Å². The molecule has 1 amide bonds. The summed E-state index contributed by atoms with van der Waals surface area (Å²) in [6.07, 6.45) is 11.2. The SMILES string of the molecule is C#CC1(OC(=O)N(CCCC)CCCC)CC[NH+](CC)CC1.[Cl-]. The van der Waals surface area contributed by atoms with Crippen molar-refractivity contribution in [1.82, 2.24) is 4.90 Å². The first-order valence-electron chi connectivity index (χ1n) is 8.90. The minimum atomic E-state index is -0.688. The van der Waals surface area contributed by atoms with E-state index in [1.807, 2.05) is 4.90 Å². The number of nitrogens with one attached hydrogen (secondary N) is 1. The molecular weight excluding hydrogens is 312 g/mol. The molecule has 1 saturated heterocycles. The van der Waals surface area contributed by atoms with E-state index >= 15 is 0 Å². The van der Waals surface area contributed by atoms with Gasteiger partial charge in [0.1, 0.15) is 0 Å². The summed E-state index contributed by atoms with van der Waals surface area (Å²) < 4.78 is 5.81. The van der Waals surface area contributed by atoms with Crippen molar-refractivity contribution in [2.75, 3.05) is 32.7 Å². The summed E-state index contributed by atoms with van der Waals surface area (Å²) in [5.41, 5.74) is -0.688. The zero-order valence-corrected chi connectivity index (χ0v) is 15.8. The third kappa shape index (κ3) is 7.01. The standard InChI is InChI=1S/C18H32N2O2.ClH/c1-5-9-13-20(14-10-6-2)17(21)22-18(7-3)11-15-19(8-4)16-12-18;/h3H,5-6,8-16H2,1-2,4H3;1H. The molecule has 1 aliphatic heterocycles. The number of nitrogens with zero attached hydrogens (tertiary/aromatic N) is 1. The Bertz CT molecular complexity index is 366. The topological polar surface area (TPSA) is 34.0 Å². The molecule has 0 bridgehead atoms. The first-order chi connectivity index (χ1) is 10.6. The Morgan fingerprint density at radius 2 is 1.70 bits per heavy atom. The van der Waals surface area contributed by atoms with Crippen LogP contribution in [0.3, 0.4) is 0 Å². The van der Waals surface area contributed by atoms with Crippen LogP contribution in [0.4, 0.5) is 4.79 Å². The van der Waals surface area contributed by atoms with Gasteiger partial charge < -0.3 is 26.9 Å². The van der Waals surface area contributed by atoms with E-state index in [0.29, 0.717) is 0 Å². The van der Waals surface area contributed by atoms with Gasteiger partial charge in [-0.2, -0.15) is 0 Å². The number of ether oxygens (including phenoxy) is 1. The number of likely N-dealkylation sites (tertiary alicyclic amines) is 1. The second-order valence-electron chi connectivity index (χ2n) is 6.30. The molecule has 134 valence electrons. The van der Waals surface area contributed by atoms with Gasteiger partial charge in [0.15, 0.2) is 5.60 Å². The summed E-state index contributed by atoms with van der Waals surface area (Å²) in [5, 5.41) is 0. The first kappa shape index (κ1) is 22.1. The maximum atomic E-state index is 12.5. The van der Waals surface area contributed by atoms with Crippen LogP contribution in [0.25, 0.3) is 0 Å². The van der Waals surface area contributed by atoms with Gasteiger partial charge in [0.2, 0.25) is 0 Å². The van der Waals surface area contributed by atoms with E-state index in [0.717, 1.165) is 71.2 Å². The number of hydrogen-bond acceptors (Lipinski definition) is 2. The molecule has 1 aliphatic rings. The fourth-order valence-electron chi connectivity index (χ4n) is 2.86. The van der Waals surface area contributed by atoms with Crippen LogP contribution in [-0.4, -0.2) is 49.3 Å². The van der Waals surface area contributed by atoms with E-state index in [9.17, 15) is 4.79 Å². The van der Waals surface area contributed by atoms with E-state index in [1.165, 1.54) is 4.90 Å². The van der Waals surface area contributed by atoms with Crippen LogP contribution in [0.5, 0.6) is 0 Å². The third-order valence-corrected chi connectivity index (χ3v) is 4.63. The summed E-state index contributed by atoms with van der Waals surface area (Å²) >= 11 is 0. The van der Waals surface area contributed by atoms with Gasteiger partial charge >= 0.3 is 6.09 Å². The number of quaternary nitrogens is 1. The zero-order valence-electron chi connectivity index (χ0n) is 15.0. The minimum absolute atomic E-state index is 0. The highest BCUT2D eigenvalue weighted by Crippen LogP contribution is 2.22. The predicted octanol–water partition coefficient (Wildman–Crippen LogP) is -0.900. The van der Waals surface area contributed by atoms with Crippen LogP contribution in [0.1, 0.15) is 59.3 Å². The van der Waals surface area contributed by atoms with Crippen molar-refractivity contribution >= 4 is 6.09 Å². The van der Waals surface area contributed by atoms with Crippen LogP contribution >= 0.6 is 0 Å². The van der Waals surface area contributed by atoms with E-state index in [1.54, 1.807) is 0 Å². The van der Waals surface area contributed by atoms with Crippen LogP contribution in [0.2, 0.25) is 0 Å². The monoisotopic (exact) mass is 344 g/mol. The number of rotatable bonds is 8. The van der Waals surface area contributed by atoms with Gasteiger partial charge in [-0.1, -0.05) is 32.6 Å². The zero-order chi connectivity index (χ0) is 16.4. The van der Waals surface area contributed by atoms with E-state index < -0.39 is 5.60 Å². The number of piperidine rings is 1. The van der Waals surface area contributed by atoms with Crippen LogP contribution < -0.4 is 17.3 Å². The summed E-state index contributed by atoms with van der Waals surface area (Å²) in [5.74, 6) is 2.78. The molecular formula is C18H33ClN2O2. The Hall–Kier alpha value is -0.920. The quantitative estimate of drug-likeness (QED) is 0.579. The maximum Gasteiger partial charge on any atom is 0.411 e. The lowest BCUT2D eigenvalue weighted by molar-refractivity contribution is -0.905. The molecule has 0 radical (unpaired) electrons. The number of halogens is 1. The molecule has 0 aromatic heterocycles. The first-order valence-corrected chi connectivity index (χ1v) is 8.90. The Balaban J connectivity index is 0.00000484. The number of amides is 1. The average Bonchev–Trinajstić information content (AvgIpc) is 2.55. The molecule has 4 nitrogen and oxygen atoms in total. The maximum absolute atomic E-state index is 12.5. The van der Waals surface area contributed by atoms with Crippen molar-refractivity contribution in [3.05, 3.63) is 0 Å². The van der Waals surface area contributed by atoms with E-state index in [4.69, 9.17) is 11.2 Å². The smallest absolute Gasteiger partial charge is 0.411 e. The molecule has 5 heteroatoms. The lowest BCUT2D eigenvalue weighted by atomic mass is 9.92. The van der Waals surface area contributed by atoms with Gasteiger partial charge in [0.25, 0.3) is 0 Å². The Labute approximate surface area is 148 Å². The van der Waals surface area contributed by atoms with Gasteiger partial charge in [-0.3, -0.25) is 0 Å². The van der Waals surface area contributed by atoms with E-state index in [2.05, 4.69) is 26.7 Å². The van der Waals surface area contributed by atoms with E-state index in [-0.39, 0.29) is 18.5 Å². The highest BCUT2D eigenvalue weighted by molar-refractivity contribution is 5.68. The number of hydrogen-bond donors (Lipinski definition) is 1. The molecule has 1 N–H and O–H groups in total. The fraction of sp³-hybridized carbons (Fsp3) is 0.833. The normalized spacial score (nSPS) is 23.5. The molecule has 0 unspecified atom stereocenters. The lowest BCUT2D eigenvalue weighted by Gasteiger charge is -2.36. The Morgan fingerprint density at radius 1 is 1.17 bits per heavy atom. The van der Waals surface area contributed by atoms with Crippen molar-refractivity contribution in [2.45, 2.75) is 64.9 Å². The molecule has 0 atom stereocenters. The summed E-state index contributed by atoms with van der Waals surface area (Å²) in [4.78, 5) is 15.9. The number of carbonyl (C=O) groups is 1. The molecule has 0 spiro atoms. The van der Waals surface area contributed by atoms with Gasteiger partial charge in [0, 0.05) is 25.9 Å². The van der Waals surface area contributed by atoms with Crippen molar-refractivity contribution in [3.63, 3.8) is 0 Å². The number of carbonyl (C=O) groups excluding carboxylic acids is 1. The van der Waals surface area contributed by atoms with Crippen LogP contribution in [0, 0.1) is 12.3 Å². The third-order valence-electron chi connectivity index (χ3n) is 4.63. The van der Waals surface area contributed by atoms with Crippen molar-refractivity contribution < 1.29 is 26.8 Å². The van der Waals surface area contributed by atoms with Crippen molar-refractivity contribution in [3.8, 4) is 12.3 Å². The van der Waals surface area contributed by atoms with Gasteiger partial charge in [-0.05, 0) is 19.8 Å². The minimum Gasteiger partial charge on any atom is -1.00 e. The molecule has 0 aromatic rings. The second-order valence-corrected chi connectivity index (χ2v) is 6.30. The summed E-state index contributed by atoms with van der Waals surface area (Å²) in [6, 6.07) is 0. The number of unbranched alkanes of at least 4 members (excludes halogenated alkanes) is 2. The molecule has 1 fully saturated rings. The van der Waals surface area contributed by atoms with Gasteiger partial charge in [0.05, 0.1) is 19.6 Å². The average molecular weight is 345 g/mol. The number of terminal acetylenes is 1. The van der Waals surface area contributed by atoms with Crippen LogP contribution in [-0.2, 0) is 4.74 Å². The molecule has 1 rings (SSSR count). The molecule has 23 heavy (non-hydrogen) atoms. The summed E-state index contributed by atoms with van der Waals surface area (Å²) in [6.45, 7) is 11.1. The highest BCUT2D eigenvalue weighted by Gasteiger charge is 2.39. The van der Waals surface area contributed by atoms with Crippen molar-refractivity contribution in [2.24, 2.45) is 0 Å². The largest absolute Gasteiger partial charge is 1.00 e. The summed E-state index contributed by atoms with van der Waals surface area (Å²) in [7, 11) is 0. The van der Waals surface area contributed by atoms with Gasteiger partial charge in [-0.25, -0.2) is 4.79 Å². The fourth-order valence-corrected chi connectivity index (χ4v) is 2.86. The predicted molar refractivity (Wildman–Crippen MR) is 89.9 cm³/mol. The second kappa shape index (κ2) is 11.6. The molecule has 1 heterocycles. The molecule has 0 saturated carbocycles.